The summed E-state index contributed by atoms with van der Waals surface area (Å²) in [4.78, 5) is 14.8. The van der Waals surface area contributed by atoms with Gasteiger partial charge in [-0.2, -0.15) is 0 Å². The van der Waals surface area contributed by atoms with Crippen molar-refractivity contribution in [3.63, 3.8) is 0 Å². The minimum absolute atomic E-state index is 0.141. The third kappa shape index (κ3) is 3.68. The van der Waals surface area contributed by atoms with Crippen molar-refractivity contribution >= 4 is 29.2 Å². The van der Waals surface area contributed by atoms with Gasteiger partial charge in [0.15, 0.2) is 0 Å². The Hall–Kier alpha value is -0.800. The summed E-state index contributed by atoms with van der Waals surface area (Å²) in [5, 5.41) is 0.604. The first-order chi connectivity index (χ1) is 7.15. The second kappa shape index (κ2) is 5.93. The SMILES string of the molecule is CC(=O)OCc1nccc(Cl)c1CCCl. The van der Waals surface area contributed by atoms with E-state index in [1.807, 2.05) is 0 Å². The van der Waals surface area contributed by atoms with Gasteiger partial charge in [-0.3, -0.25) is 9.78 Å². The average Bonchev–Trinajstić information content (AvgIpc) is 2.19. The first-order valence-electron chi connectivity index (χ1n) is 4.46. The van der Waals surface area contributed by atoms with Crippen molar-refractivity contribution in [3.05, 3.63) is 28.5 Å². The van der Waals surface area contributed by atoms with Gasteiger partial charge in [0.1, 0.15) is 6.61 Å². The van der Waals surface area contributed by atoms with Crippen molar-refractivity contribution < 1.29 is 9.53 Å². The molecular formula is C10H11Cl2NO2. The molecule has 1 heterocycles. The lowest BCUT2D eigenvalue weighted by Crippen LogP contribution is -2.05. The van der Waals surface area contributed by atoms with Crippen LogP contribution in [0.5, 0.6) is 0 Å². The van der Waals surface area contributed by atoms with Gasteiger partial charge >= 0.3 is 5.97 Å². The van der Waals surface area contributed by atoms with Crippen molar-refractivity contribution in [1.29, 1.82) is 0 Å². The third-order valence-electron chi connectivity index (χ3n) is 1.84. The van der Waals surface area contributed by atoms with Crippen LogP contribution >= 0.6 is 23.2 Å². The molecule has 1 aromatic heterocycles. The number of aromatic nitrogens is 1. The van der Waals surface area contributed by atoms with Gasteiger partial charge in [-0.25, -0.2) is 0 Å². The average molecular weight is 248 g/mol. The monoisotopic (exact) mass is 247 g/mol. The number of hydrogen-bond donors (Lipinski definition) is 0. The largest absolute Gasteiger partial charge is 0.459 e. The molecule has 0 unspecified atom stereocenters. The van der Waals surface area contributed by atoms with Crippen LogP contribution in [0.2, 0.25) is 5.02 Å². The molecule has 0 saturated carbocycles. The van der Waals surface area contributed by atoms with E-state index in [0.717, 1.165) is 5.56 Å². The van der Waals surface area contributed by atoms with Gasteiger partial charge in [0.25, 0.3) is 0 Å². The van der Waals surface area contributed by atoms with E-state index in [2.05, 4.69) is 4.98 Å². The maximum absolute atomic E-state index is 10.7. The highest BCUT2D eigenvalue weighted by atomic mass is 35.5. The second-order valence-electron chi connectivity index (χ2n) is 2.94. The minimum atomic E-state index is -0.339. The van der Waals surface area contributed by atoms with Crippen LogP contribution in [0.25, 0.3) is 0 Å². The molecule has 5 heteroatoms. The number of ether oxygens (including phenoxy) is 1. The van der Waals surface area contributed by atoms with Gasteiger partial charge in [-0.05, 0) is 18.1 Å². The van der Waals surface area contributed by atoms with E-state index in [1.54, 1.807) is 12.3 Å². The lowest BCUT2D eigenvalue weighted by atomic mass is 10.1. The van der Waals surface area contributed by atoms with Crippen molar-refractivity contribution in [2.24, 2.45) is 0 Å². The molecule has 1 rings (SSSR count). The number of pyridine rings is 1. The number of alkyl halides is 1. The summed E-state index contributed by atoms with van der Waals surface area (Å²) in [5.41, 5.74) is 1.51. The second-order valence-corrected chi connectivity index (χ2v) is 3.72. The molecule has 0 aliphatic carbocycles. The Bertz CT molecular complexity index is 355. The van der Waals surface area contributed by atoms with Crippen LogP contribution in [-0.2, 0) is 22.6 Å². The molecular weight excluding hydrogens is 237 g/mol. The first-order valence-corrected chi connectivity index (χ1v) is 5.38. The van der Waals surface area contributed by atoms with Crippen molar-refractivity contribution in [2.45, 2.75) is 20.0 Å². The molecule has 0 atom stereocenters. The molecule has 0 N–H and O–H groups in total. The zero-order chi connectivity index (χ0) is 11.3. The maximum atomic E-state index is 10.7. The number of nitrogens with zero attached hydrogens (tertiary/aromatic N) is 1. The zero-order valence-electron chi connectivity index (χ0n) is 8.30. The summed E-state index contributed by atoms with van der Waals surface area (Å²) in [5.74, 6) is 0.118. The van der Waals surface area contributed by atoms with Crippen LogP contribution < -0.4 is 0 Å². The molecule has 1 aromatic rings. The molecule has 0 aliphatic heterocycles. The number of esters is 1. The number of halogens is 2. The molecule has 0 amide bonds. The van der Waals surface area contributed by atoms with E-state index in [0.29, 0.717) is 23.0 Å². The van der Waals surface area contributed by atoms with Crippen molar-refractivity contribution in [2.75, 3.05) is 5.88 Å². The van der Waals surface area contributed by atoms with E-state index < -0.39 is 0 Å². The van der Waals surface area contributed by atoms with E-state index in [1.165, 1.54) is 6.92 Å². The molecule has 0 radical (unpaired) electrons. The molecule has 0 aliphatic rings. The minimum Gasteiger partial charge on any atom is -0.459 e. The Morgan fingerprint density at radius 2 is 2.33 bits per heavy atom. The smallest absolute Gasteiger partial charge is 0.303 e. The topological polar surface area (TPSA) is 39.2 Å². The Labute approximate surface area is 98.4 Å². The number of carbonyl (C=O) groups excluding carboxylic acids is 1. The summed E-state index contributed by atoms with van der Waals surface area (Å²) >= 11 is 11.6. The van der Waals surface area contributed by atoms with Crippen molar-refractivity contribution in [1.82, 2.24) is 4.98 Å². The summed E-state index contributed by atoms with van der Waals surface area (Å²) in [6.45, 7) is 1.49. The molecule has 0 bridgehead atoms. The number of rotatable bonds is 4. The quantitative estimate of drug-likeness (QED) is 0.607. The standard InChI is InChI=1S/C10H11Cl2NO2/c1-7(14)15-6-10-8(2-4-11)9(12)3-5-13-10/h3,5H,2,4,6H2,1H3. The van der Waals surface area contributed by atoms with Crippen LogP contribution in [0.3, 0.4) is 0 Å². The van der Waals surface area contributed by atoms with Crippen LogP contribution in [0.4, 0.5) is 0 Å². The zero-order valence-corrected chi connectivity index (χ0v) is 9.81. The highest BCUT2D eigenvalue weighted by molar-refractivity contribution is 6.31. The molecule has 0 fully saturated rings. The van der Waals surface area contributed by atoms with E-state index in [-0.39, 0.29) is 12.6 Å². The Kier molecular flexibility index (Phi) is 4.85. The van der Waals surface area contributed by atoms with Gasteiger partial charge < -0.3 is 4.74 Å². The fourth-order valence-corrected chi connectivity index (χ4v) is 1.61. The summed E-state index contributed by atoms with van der Waals surface area (Å²) in [6.07, 6.45) is 2.20. The number of hydrogen-bond acceptors (Lipinski definition) is 3. The normalized spacial score (nSPS) is 10.1. The molecule has 0 aromatic carbocycles. The van der Waals surface area contributed by atoms with Crippen molar-refractivity contribution in [3.8, 4) is 0 Å². The molecule has 82 valence electrons. The van der Waals surface area contributed by atoms with Gasteiger partial charge in [-0.1, -0.05) is 11.6 Å². The van der Waals surface area contributed by atoms with Crippen LogP contribution in [0.15, 0.2) is 12.3 Å². The molecule has 0 spiro atoms. The van der Waals surface area contributed by atoms with Crippen LogP contribution in [0.1, 0.15) is 18.2 Å². The highest BCUT2D eigenvalue weighted by Gasteiger charge is 2.09. The fraction of sp³-hybridized carbons (Fsp3) is 0.400. The lowest BCUT2D eigenvalue weighted by molar-refractivity contribution is -0.142. The lowest BCUT2D eigenvalue weighted by Gasteiger charge is -2.08. The van der Waals surface area contributed by atoms with E-state index >= 15 is 0 Å². The van der Waals surface area contributed by atoms with Gasteiger partial charge in [0, 0.05) is 24.0 Å². The first kappa shape index (κ1) is 12.3. The number of carbonyl (C=O) groups is 1. The molecule has 15 heavy (non-hydrogen) atoms. The summed E-state index contributed by atoms with van der Waals surface area (Å²) in [7, 11) is 0. The van der Waals surface area contributed by atoms with E-state index in [9.17, 15) is 4.79 Å². The maximum Gasteiger partial charge on any atom is 0.303 e. The van der Waals surface area contributed by atoms with Gasteiger partial charge in [-0.15, -0.1) is 11.6 Å². The molecule has 0 saturated heterocycles. The Morgan fingerprint density at radius 3 is 2.93 bits per heavy atom. The third-order valence-corrected chi connectivity index (χ3v) is 2.39. The van der Waals surface area contributed by atoms with Gasteiger partial charge in [0.05, 0.1) is 5.69 Å². The Balaban J connectivity index is 2.85. The predicted octanol–water partition coefficient (Wildman–Crippen LogP) is 2.58. The highest BCUT2D eigenvalue weighted by Crippen LogP contribution is 2.19. The van der Waals surface area contributed by atoms with Gasteiger partial charge in [0.2, 0.25) is 0 Å². The molecule has 3 nitrogen and oxygen atoms in total. The predicted molar refractivity (Wildman–Crippen MR) is 59.1 cm³/mol. The van der Waals surface area contributed by atoms with Crippen LogP contribution in [0, 0.1) is 0 Å². The summed E-state index contributed by atoms with van der Waals surface area (Å²) in [6, 6.07) is 1.70. The summed E-state index contributed by atoms with van der Waals surface area (Å²) < 4.78 is 4.87. The Morgan fingerprint density at radius 1 is 1.60 bits per heavy atom. The van der Waals surface area contributed by atoms with Crippen LogP contribution in [-0.4, -0.2) is 16.8 Å². The fourth-order valence-electron chi connectivity index (χ4n) is 1.16. The van der Waals surface area contributed by atoms with E-state index in [4.69, 9.17) is 27.9 Å².